The number of nitrogens with one attached hydrogen (secondary N) is 1. The van der Waals surface area contributed by atoms with Crippen molar-refractivity contribution >= 4 is 22.4 Å². The average Bonchev–Trinajstić information content (AvgIpc) is 2.77. The van der Waals surface area contributed by atoms with E-state index in [4.69, 9.17) is 0 Å². The lowest BCUT2D eigenvalue weighted by Crippen LogP contribution is -2.24. The van der Waals surface area contributed by atoms with E-state index >= 15 is 0 Å². The van der Waals surface area contributed by atoms with Gasteiger partial charge in [0.05, 0.1) is 35.4 Å². The van der Waals surface area contributed by atoms with Crippen LogP contribution in [-0.2, 0) is 6.54 Å². The summed E-state index contributed by atoms with van der Waals surface area (Å²) in [6.45, 7) is 0.232. The normalized spacial score (nSPS) is 16.9. The highest BCUT2D eigenvalue weighted by molar-refractivity contribution is 6.00. The molecular weight excluding hydrogens is 393 g/mol. The number of hydrogen-bond acceptors (Lipinski definition) is 4. The van der Waals surface area contributed by atoms with E-state index in [1.54, 1.807) is 30.7 Å². The summed E-state index contributed by atoms with van der Waals surface area (Å²) in [5.74, 6) is -1.60. The van der Waals surface area contributed by atoms with Crippen LogP contribution >= 0.6 is 0 Å². The molecule has 0 radical (unpaired) electrons. The maximum Gasteiger partial charge on any atom is 0.392 e. The van der Waals surface area contributed by atoms with Gasteiger partial charge in [-0.1, -0.05) is 18.2 Å². The molecule has 1 unspecified atom stereocenters. The number of carbonyl (C=O) groups is 1. The summed E-state index contributed by atoms with van der Waals surface area (Å²) in [5.41, 5.74) is 3.39. The molecule has 0 aliphatic heterocycles. The van der Waals surface area contributed by atoms with Crippen molar-refractivity contribution in [3.8, 4) is 0 Å². The summed E-state index contributed by atoms with van der Waals surface area (Å²) in [7, 11) is 0. The highest BCUT2D eigenvalue weighted by atomic mass is 19.4. The molecule has 3 aromatic rings. The van der Waals surface area contributed by atoms with Crippen molar-refractivity contribution in [1.82, 2.24) is 20.3 Å². The minimum Gasteiger partial charge on any atom is -0.346 e. The quantitative estimate of drug-likeness (QED) is 0.675. The Kier molecular flexibility index (Phi) is 5.48. The molecule has 1 amide bonds. The fourth-order valence-electron chi connectivity index (χ4n) is 3.62. The lowest BCUT2D eigenvalue weighted by Gasteiger charge is -2.24. The first-order chi connectivity index (χ1) is 14.4. The van der Waals surface area contributed by atoms with Crippen molar-refractivity contribution in [3.05, 3.63) is 71.9 Å². The second-order valence-corrected chi connectivity index (χ2v) is 7.22. The number of amides is 1. The van der Waals surface area contributed by atoms with E-state index in [1.807, 2.05) is 18.2 Å². The van der Waals surface area contributed by atoms with Gasteiger partial charge in [0.15, 0.2) is 0 Å². The summed E-state index contributed by atoms with van der Waals surface area (Å²) >= 11 is 0. The van der Waals surface area contributed by atoms with Crippen LogP contribution in [0.5, 0.6) is 0 Å². The number of aromatic nitrogens is 3. The van der Waals surface area contributed by atoms with Crippen LogP contribution < -0.4 is 5.32 Å². The number of halogens is 3. The number of nitrogens with zero attached hydrogens (tertiary/aromatic N) is 3. The molecular formula is C22H19F3N4O. The van der Waals surface area contributed by atoms with Crippen LogP contribution in [0.25, 0.3) is 16.5 Å². The van der Waals surface area contributed by atoms with Crippen molar-refractivity contribution in [2.45, 2.75) is 32.0 Å². The number of pyridine rings is 1. The van der Waals surface area contributed by atoms with Gasteiger partial charge in [0.2, 0.25) is 0 Å². The Labute approximate surface area is 171 Å². The molecule has 8 heteroatoms. The molecule has 1 atom stereocenters. The third kappa shape index (κ3) is 4.32. The van der Waals surface area contributed by atoms with Gasteiger partial charge in [0.1, 0.15) is 0 Å². The second-order valence-electron chi connectivity index (χ2n) is 7.22. The fraction of sp³-hybridized carbons (Fsp3) is 0.273. The number of allylic oxidation sites excluding steroid dienone is 2. The van der Waals surface area contributed by atoms with Gasteiger partial charge in [-0.15, -0.1) is 0 Å². The first kappa shape index (κ1) is 20.0. The van der Waals surface area contributed by atoms with Crippen molar-refractivity contribution in [1.29, 1.82) is 0 Å². The van der Waals surface area contributed by atoms with Crippen LogP contribution in [0.2, 0.25) is 0 Å². The van der Waals surface area contributed by atoms with Crippen LogP contribution in [0.4, 0.5) is 13.2 Å². The van der Waals surface area contributed by atoms with Crippen LogP contribution in [0.1, 0.15) is 40.9 Å². The molecule has 5 nitrogen and oxygen atoms in total. The molecule has 1 aliphatic rings. The van der Waals surface area contributed by atoms with Crippen LogP contribution in [0.15, 0.2) is 55.1 Å². The summed E-state index contributed by atoms with van der Waals surface area (Å²) in [4.78, 5) is 25.0. The average molecular weight is 412 g/mol. The third-order valence-electron chi connectivity index (χ3n) is 5.25. The Hall–Kier alpha value is -3.29. The van der Waals surface area contributed by atoms with Gasteiger partial charge in [0.25, 0.3) is 5.91 Å². The van der Waals surface area contributed by atoms with Gasteiger partial charge < -0.3 is 5.32 Å². The molecule has 154 valence electrons. The lowest BCUT2D eigenvalue weighted by molar-refractivity contribution is -0.175. The molecule has 2 aromatic heterocycles. The van der Waals surface area contributed by atoms with E-state index in [0.717, 1.165) is 16.5 Å². The van der Waals surface area contributed by atoms with Crippen molar-refractivity contribution in [2.24, 2.45) is 5.92 Å². The van der Waals surface area contributed by atoms with E-state index in [0.29, 0.717) is 23.2 Å². The molecule has 0 saturated carbocycles. The zero-order valence-electron chi connectivity index (χ0n) is 16.0. The van der Waals surface area contributed by atoms with Gasteiger partial charge in [-0.2, -0.15) is 13.2 Å². The summed E-state index contributed by atoms with van der Waals surface area (Å²) < 4.78 is 38.9. The smallest absolute Gasteiger partial charge is 0.346 e. The molecule has 0 saturated heterocycles. The minimum absolute atomic E-state index is 0.0268. The molecule has 2 heterocycles. The van der Waals surface area contributed by atoms with E-state index < -0.39 is 12.1 Å². The maximum absolute atomic E-state index is 13.0. The number of benzene rings is 1. The first-order valence-electron chi connectivity index (χ1n) is 9.60. The SMILES string of the molecule is O=C(NCc1cnccn1)c1cnc2cccc(C3=CCC(C(F)(F)F)CC3)c2c1. The minimum atomic E-state index is -4.17. The third-order valence-corrected chi connectivity index (χ3v) is 5.25. The number of fused-ring (bicyclic) bond motifs is 1. The Bertz CT molecular complexity index is 1100. The van der Waals surface area contributed by atoms with Gasteiger partial charge in [-0.25, -0.2) is 0 Å². The van der Waals surface area contributed by atoms with E-state index in [-0.39, 0.29) is 25.3 Å². The van der Waals surface area contributed by atoms with Gasteiger partial charge in [-0.3, -0.25) is 19.7 Å². The first-order valence-corrected chi connectivity index (χ1v) is 9.60. The Morgan fingerprint density at radius 2 is 2.03 bits per heavy atom. The molecule has 0 spiro atoms. The molecule has 0 fully saturated rings. The van der Waals surface area contributed by atoms with Crippen molar-refractivity contribution in [3.63, 3.8) is 0 Å². The van der Waals surface area contributed by atoms with Crippen LogP contribution in [0, 0.1) is 5.92 Å². The molecule has 1 N–H and O–H groups in total. The van der Waals surface area contributed by atoms with Gasteiger partial charge in [0, 0.05) is 24.0 Å². The Balaban J connectivity index is 1.58. The Morgan fingerprint density at radius 1 is 1.17 bits per heavy atom. The molecule has 4 rings (SSSR count). The predicted octanol–water partition coefficient (Wildman–Crippen LogP) is 4.70. The van der Waals surface area contributed by atoms with E-state index in [9.17, 15) is 18.0 Å². The molecule has 1 aromatic carbocycles. The topological polar surface area (TPSA) is 67.8 Å². The van der Waals surface area contributed by atoms with Gasteiger partial charge >= 0.3 is 6.18 Å². The highest BCUT2D eigenvalue weighted by Crippen LogP contribution is 2.40. The summed E-state index contributed by atoms with van der Waals surface area (Å²) in [6.07, 6.45) is 4.04. The maximum atomic E-state index is 13.0. The van der Waals surface area contributed by atoms with Gasteiger partial charge in [-0.05, 0) is 42.5 Å². The van der Waals surface area contributed by atoms with Crippen molar-refractivity contribution < 1.29 is 18.0 Å². The number of alkyl halides is 3. The van der Waals surface area contributed by atoms with E-state index in [2.05, 4.69) is 20.3 Å². The fourth-order valence-corrected chi connectivity index (χ4v) is 3.62. The molecule has 30 heavy (non-hydrogen) atoms. The molecule has 1 aliphatic carbocycles. The van der Waals surface area contributed by atoms with Crippen LogP contribution in [-0.4, -0.2) is 27.0 Å². The number of carbonyl (C=O) groups excluding carboxylic acids is 1. The standard InChI is InChI=1S/C22H19F3N4O/c23-22(24,25)16-6-4-14(5-7-16)18-2-1-3-20-19(18)10-15(11-28-20)21(30)29-13-17-12-26-8-9-27-17/h1-4,8-12,16H,5-7,13H2,(H,29,30). The monoisotopic (exact) mass is 412 g/mol. The zero-order chi connectivity index (χ0) is 21.1. The lowest BCUT2D eigenvalue weighted by atomic mass is 9.85. The number of hydrogen-bond donors (Lipinski definition) is 1. The second kappa shape index (κ2) is 8.22. The Morgan fingerprint density at radius 3 is 2.73 bits per heavy atom. The number of rotatable bonds is 4. The van der Waals surface area contributed by atoms with Crippen molar-refractivity contribution in [2.75, 3.05) is 0 Å². The summed E-state index contributed by atoms with van der Waals surface area (Å²) in [6, 6.07) is 7.25. The van der Waals surface area contributed by atoms with E-state index in [1.165, 1.54) is 6.20 Å². The molecule has 0 bridgehead atoms. The predicted molar refractivity (Wildman–Crippen MR) is 106 cm³/mol. The zero-order valence-corrected chi connectivity index (χ0v) is 16.0. The van der Waals surface area contributed by atoms with Crippen LogP contribution in [0.3, 0.4) is 0 Å². The summed E-state index contributed by atoms with van der Waals surface area (Å²) in [5, 5.41) is 3.53. The highest BCUT2D eigenvalue weighted by Gasteiger charge is 2.39. The largest absolute Gasteiger partial charge is 0.392 e.